The summed E-state index contributed by atoms with van der Waals surface area (Å²) >= 11 is 0. The summed E-state index contributed by atoms with van der Waals surface area (Å²) in [7, 11) is 5.37. The molecule has 154 valence electrons. The number of likely N-dealkylation sites (N-methyl/N-ethyl adjacent to an activating group) is 1. The Morgan fingerprint density at radius 1 is 0.931 bits per heavy atom. The number of hydrogen-bond acceptors (Lipinski definition) is 7. The molecule has 0 unspecified atom stereocenters. The molecule has 2 aliphatic heterocycles. The molecule has 2 aromatic rings. The molecular weight excluding hydrogens is 370 g/mol. The van der Waals surface area contributed by atoms with Gasteiger partial charge in [0.1, 0.15) is 0 Å². The summed E-state index contributed by atoms with van der Waals surface area (Å²) in [6, 6.07) is 3.96. The smallest absolute Gasteiger partial charge is 0.257 e. The van der Waals surface area contributed by atoms with Crippen molar-refractivity contribution < 1.29 is 14.3 Å². The topological polar surface area (TPSA) is 71.0 Å². The fourth-order valence-electron chi connectivity index (χ4n) is 3.84. The molecule has 1 saturated heterocycles. The number of hydrogen-bond donors (Lipinski definition) is 0. The molecule has 0 saturated carbocycles. The lowest BCUT2D eigenvalue weighted by atomic mass is 9.98. The van der Waals surface area contributed by atoms with Crippen LogP contribution < -0.4 is 14.4 Å². The number of piperazine rings is 1. The highest BCUT2D eigenvalue weighted by Gasteiger charge is 2.25. The van der Waals surface area contributed by atoms with Crippen LogP contribution in [-0.4, -0.2) is 79.7 Å². The van der Waals surface area contributed by atoms with Crippen LogP contribution in [-0.2, 0) is 13.0 Å². The van der Waals surface area contributed by atoms with E-state index in [1.807, 2.05) is 17.0 Å². The first-order valence-corrected chi connectivity index (χ1v) is 9.87. The number of rotatable bonds is 4. The predicted molar refractivity (Wildman–Crippen MR) is 110 cm³/mol. The molecule has 1 aromatic carbocycles. The molecule has 0 spiro atoms. The number of benzene rings is 1. The van der Waals surface area contributed by atoms with Crippen LogP contribution in [0.25, 0.3) is 0 Å². The largest absolute Gasteiger partial charge is 0.493 e. The van der Waals surface area contributed by atoms with E-state index in [0.29, 0.717) is 30.4 Å². The molecule has 4 rings (SSSR count). The molecule has 8 nitrogen and oxygen atoms in total. The Hall–Kier alpha value is -2.87. The first-order chi connectivity index (χ1) is 14.1. The van der Waals surface area contributed by atoms with Crippen molar-refractivity contribution >= 4 is 11.9 Å². The zero-order valence-corrected chi connectivity index (χ0v) is 17.2. The Kier molecular flexibility index (Phi) is 5.53. The number of carbonyl (C=O) groups is 1. The van der Waals surface area contributed by atoms with E-state index in [9.17, 15) is 4.79 Å². The molecule has 1 fully saturated rings. The van der Waals surface area contributed by atoms with E-state index in [2.05, 4.69) is 26.8 Å². The molecule has 1 aromatic heterocycles. The molecule has 0 aliphatic carbocycles. The quantitative estimate of drug-likeness (QED) is 0.773. The Balaban J connectivity index is 1.46. The summed E-state index contributed by atoms with van der Waals surface area (Å²) in [4.78, 5) is 28.2. The fourth-order valence-corrected chi connectivity index (χ4v) is 3.84. The van der Waals surface area contributed by atoms with Crippen molar-refractivity contribution in [1.82, 2.24) is 19.8 Å². The molecule has 1 amide bonds. The Morgan fingerprint density at radius 3 is 2.17 bits per heavy atom. The van der Waals surface area contributed by atoms with E-state index in [0.717, 1.165) is 43.9 Å². The van der Waals surface area contributed by atoms with Crippen LogP contribution in [0.3, 0.4) is 0 Å². The molecule has 0 atom stereocenters. The second-order valence-electron chi connectivity index (χ2n) is 7.51. The van der Waals surface area contributed by atoms with Crippen molar-refractivity contribution in [3.8, 4) is 11.5 Å². The number of anilines is 1. The average molecular weight is 397 g/mol. The maximum Gasteiger partial charge on any atom is 0.257 e. The minimum Gasteiger partial charge on any atom is -0.493 e. The van der Waals surface area contributed by atoms with Crippen molar-refractivity contribution in [1.29, 1.82) is 0 Å². The SMILES string of the molecule is COc1cc2c(cc1OC)CN(C(=O)c1cnc(N3CCN(C)CC3)nc1)CC2. The van der Waals surface area contributed by atoms with Gasteiger partial charge in [0.05, 0.1) is 19.8 Å². The third kappa shape index (κ3) is 3.98. The first kappa shape index (κ1) is 19.4. The minimum absolute atomic E-state index is 0.0460. The highest BCUT2D eigenvalue weighted by molar-refractivity contribution is 5.93. The summed E-state index contributed by atoms with van der Waals surface area (Å²) in [5.74, 6) is 2.05. The summed E-state index contributed by atoms with van der Waals surface area (Å²) in [5, 5.41) is 0. The number of methoxy groups -OCH3 is 2. The normalized spacial score (nSPS) is 17.1. The van der Waals surface area contributed by atoms with Crippen LogP contribution in [0.2, 0.25) is 0 Å². The second kappa shape index (κ2) is 8.24. The van der Waals surface area contributed by atoms with Crippen LogP contribution in [0.5, 0.6) is 11.5 Å². The lowest BCUT2D eigenvalue weighted by molar-refractivity contribution is 0.0733. The maximum absolute atomic E-state index is 13.0. The third-order valence-corrected chi connectivity index (χ3v) is 5.68. The molecule has 0 bridgehead atoms. The van der Waals surface area contributed by atoms with Gasteiger partial charge < -0.3 is 24.2 Å². The third-order valence-electron chi connectivity index (χ3n) is 5.68. The van der Waals surface area contributed by atoms with E-state index in [4.69, 9.17) is 9.47 Å². The van der Waals surface area contributed by atoms with Crippen molar-refractivity contribution in [2.24, 2.45) is 0 Å². The highest BCUT2D eigenvalue weighted by Crippen LogP contribution is 2.33. The highest BCUT2D eigenvalue weighted by atomic mass is 16.5. The number of fused-ring (bicyclic) bond motifs is 1. The van der Waals surface area contributed by atoms with Crippen LogP contribution >= 0.6 is 0 Å². The van der Waals surface area contributed by atoms with Crippen molar-refractivity contribution in [3.63, 3.8) is 0 Å². The van der Waals surface area contributed by atoms with E-state index in [1.54, 1.807) is 26.6 Å². The maximum atomic E-state index is 13.0. The fraction of sp³-hybridized carbons (Fsp3) is 0.476. The zero-order chi connectivity index (χ0) is 20.4. The monoisotopic (exact) mass is 397 g/mol. The molecule has 8 heteroatoms. The lowest BCUT2D eigenvalue weighted by Crippen LogP contribution is -2.45. The number of nitrogens with zero attached hydrogens (tertiary/aromatic N) is 5. The van der Waals surface area contributed by atoms with Gasteiger partial charge in [-0.05, 0) is 36.7 Å². The molecule has 0 radical (unpaired) electrons. The molecule has 29 heavy (non-hydrogen) atoms. The summed E-state index contributed by atoms with van der Waals surface area (Å²) in [6.07, 6.45) is 4.07. The van der Waals surface area contributed by atoms with Gasteiger partial charge >= 0.3 is 0 Å². The van der Waals surface area contributed by atoms with Crippen molar-refractivity contribution in [2.45, 2.75) is 13.0 Å². The van der Waals surface area contributed by atoms with E-state index < -0.39 is 0 Å². The number of carbonyl (C=O) groups excluding carboxylic acids is 1. The van der Waals surface area contributed by atoms with Gasteiger partial charge in [0.2, 0.25) is 5.95 Å². The van der Waals surface area contributed by atoms with Gasteiger partial charge in [0.15, 0.2) is 11.5 Å². The molecular formula is C21H27N5O3. The van der Waals surface area contributed by atoms with Gasteiger partial charge in [-0.2, -0.15) is 0 Å². The van der Waals surface area contributed by atoms with Gasteiger partial charge in [-0.3, -0.25) is 4.79 Å². The molecule has 2 aliphatic rings. The predicted octanol–water partition coefficient (Wildman–Crippen LogP) is 1.44. The van der Waals surface area contributed by atoms with Crippen LogP contribution in [0.4, 0.5) is 5.95 Å². The molecule has 0 N–H and O–H groups in total. The van der Waals surface area contributed by atoms with Crippen LogP contribution in [0.15, 0.2) is 24.5 Å². The lowest BCUT2D eigenvalue weighted by Gasteiger charge is -2.32. The Bertz CT molecular complexity index is 879. The molecule has 3 heterocycles. The summed E-state index contributed by atoms with van der Waals surface area (Å²) in [6.45, 7) is 4.98. The standard InChI is InChI=1S/C21H27N5O3/c1-24-6-8-25(9-7-24)21-22-12-17(13-23-21)20(27)26-5-4-15-10-18(28-2)19(29-3)11-16(15)14-26/h10-13H,4-9,14H2,1-3H3. The van der Waals surface area contributed by atoms with E-state index in [-0.39, 0.29) is 5.91 Å². The van der Waals surface area contributed by atoms with Crippen molar-refractivity contribution in [3.05, 3.63) is 41.2 Å². The van der Waals surface area contributed by atoms with Gasteiger partial charge in [-0.25, -0.2) is 9.97 Å². The Labute approximate surface area is 171 Å². The first-order valence-electron chi connectivity index (χ1n) is 9.87. The second-order valence-corrected chi connectivity index (χ2v) is 7.51. The average Bonchev–Trinajstić information content (AvgIpc) is 2.78. The summed E-state index contributed by atoms with van der Waals surface area (Å²) < 4.78 is 10.8. The van der Waals surface area contributed by atoms with Gasteiger partial charge in [0, 0.05) is 51.7 Å². The number of aromatic nitrogens is 2. The van der Waals surface area contributed by atoms with Gasteiger partial charge in [0.25, 0.3) is 5.91 Å². The van der Waals surface area contributed by atoms with E-state index in [1.165, 1.54) is 5.56 Å². The number of ether oxygens (including phenoxy) is 2. The Morgan fingerprint density at radius 2 is 1.55 bits per heavy atom. The van der Waals surface area contributed by atoms with Crippen LogP contribution in [0, 0.1) is 0 Å². The minimum atomic E-state index is -0.0460. The van der Waals surface area contributed by atoms with Gasteiger partial charge in [-0.15, -0.1) is 0 Å². The van der Waals surface area contributed by atoms with E-state index >= 15 is 0 Å². The van der Waals surface area contributed by atoms with Gasteiger partial charge in [-0.1, -0.05) is 0 Å². The van der Waals surface area contributed by atoms with Crippen molar-refractivity contribution in [2.75, 3.05) is 58.9 Å². The number of amides is 1. The zero-order valence-electron chi connectivity index (χ0n) is 17.2. The summed E-state index contributed by atoms with van der Waals surface area (Å²) in [5.41, 5.74) is 2.79. The van der Waals surface area contributed by atoms with Crippen LogP contribution in [0.1, 0.15) is 21.5 Å².